The van der Waals surface area contributed by atoms with Crippen LogP contribution < -0.4 is 0 Å². The molecule has 0 fully saturated rings. The minimum atomic E-state index is -3.78. The molecule has 0 saturated heterocycles. The largest absolute Gasteiger partial charge is 0.269 e. The van der Waals surface area contributed by atoms with Gasteiger partial charge < -0.3 is 0 Å². The number of hydrogen-bond acceptors (Lipinski definition) is 4. The molecule has 3 rings (SSSR count). The highest BCUT2D eigenvalue weighted by molar-refractivity contribution is 9.10. The van der Waals surface area contributed by atoms with E-state index in [1.807, 2.05) is 6.07 Å². The molecule has 0 unspecified atom stereocenters. The molecule has 0 N–H and O–H groups in total. The van der Waals surface area contributed by atoms with Crippen molar-refractivity contribution in [3.8, 4) is 6.07 Å². The lowest BCUT2D eigenvalue weighted by molar-refractivity contribution is 0.588. The molecular formula is C14H8BrN3O2S. The summed E-state index contributed by atoms with van der Waals surface area (Å²) in [7, 11) is -3.78. The minimum absolute atomic E-state index is 0.149. The van der Waals surface area contributed by atoms with Gasteiger partial charge in [0, 0.05) is 22.3 Å². The zero-order valence-electron chi connectivity index (χ0n) is 10.6. The van der Waals surface area contributed by atoms with Crippen LogP contribution in [0.1, 0.15) is 5.56 Å². The predicted molar refractivity (Wildman–Crippen MR) is 81.2 cm³/mol. The molecular weight excluding hydrogens is 354 g/mol. The van der Waals surface area contributed by atoms with Gasteiger partial charge in [-0.15, -0.1) is 0 Å². The topological polar surface area (TPSA) is 75.8 Å². The summed E-state index contributed by atoms with van der Waals surface area (Å²) in [4.78, 5) is 4.28. The van der Waals surface area contributed by atoms with E-state index in [0.29, 0.717) is 9.86 Å². The van der Waals surface area contributed by atoms with Gasteiger partial charge in [0.15, 0.2) is 5.65 Å². The zero-order valence-corrected chi connectivity index (χ0v) is 13.0. The lowest BCUT2D eigenvalue weighted by Gasteiger charge is -2.06. The van der Waals surface area contributed by atoms with Crippen LogP contribution in [0.3, 0.4) is 0 Å². The Bertz CT molecular complexity index is 973. The lowest BCUT2D eigenvalue weighted by Crippen LogP contribution is -2.12. The quantitative estimate of drug-likeness (QED) is 0.703. The molecule has 3 aromatic rings. The van der Waals surface area contributed by atoms with E-state index in [4.69, 9.17) is 0 Å². The van der Waals surface area contributed by atoms with Crippen LogP contribution in [0.25, 0.3) is 11.0 Å². The van der Waals surface area contributed by atoms with Crippen molar-refractivity contribution in [2.75, 3.05) is 0 Å². The van der Waals surface area contributed by atoms with Crippen molar-refractivity contribution >= 4 is 37.0 Å². The van der Waals surface area contributed by atoms with Crippen molar-refractivity contribution in [3.63, 3.8) is 0 Å². The number of nitrogens with zero attached hydrogens (tertiary/aromatic N) is 3. The van der Waals surface area contributed by atoms with Crippen LogP contribution in [0, 0.1) is 11.3 Å². The van der Waals surface area contributed by atoms with Crippen LogP contribution in [0.2, 0.25) is 0 Å². The predicted octanol–water partition coefficient (Wildman–Crippen LogP) is 2.91. The number of rotatable bonds is 2. The van der Waals surface area contributed by atoms with Gasteiger partial charge in [-0.05, 0) is 34.1 Å². The third-order valence-corrected chi connectivity index (χ3v) is 5.10. The molecule has 104 valence electrons. The monoisotopic (exact) mass is 361 g/mol. The number of nitriles is 1. The third-order valence-electron chi connectivity index (χ3n) is 3.00. The van der Waals surface area contributed by atoms with E-state index < -0.39 is 10.0 Å². The molecule has 0 spiro atoms. The smallest absolute Gasteiger partial charge is 0.236 e. The highest BCUT2D eigenvalue weighted by Gasteiger charge is 2.22. The molecule has 0 amide bonds. The molecule has 2 heterocycles. The van der Waals surface area contributed by atoms with Crippen LogP contribution in [-0.4, -0.2) is 17.4 Å². The molecule has 2 aromatic heterocycles. The maximum absolute atomic E-state index is 12.7. The van der Waals surface area contributed by atoms with Crippen molar-refractivity contribution in [3.05, 3.63) is 58.8 Å². The molecule has 7 heteroatoms. The lowest BCUT2D eigenvalue weighted by atomic mass is 10.2. The molecule has 21 heavy (non-hydrogen) atoms. The SMILES string of the molecule is N#Cc1cn(S(=O)(=O)c2ccccc2)c2ncc(Br)cc12. The minimum Gasteiger partial charge on any atom is -0.236 e. The van der Waals surface area contributed by atoms with Gasteiger partial charge in [0.05, 0.1) is 10.5 Å². The Balaban J connectivity index is 2.34. The highest BCUT2D eigenvalue weighted by Crippen LogP contribution is 2.26. The average molecular weight is 362 g/mol. The number of fused-ring (bicyclic) bond motifs is 1. The molecule has 1 aromatic carbocycles. The molecule has 0 atom stereocenters. The summed E-state index contributed by atoms with van der Waals surface area (Å²) in [5.41, 5.74) is 0.497. The fraction of sp³-hybridized carbons (Fsp3) is 0. The van der Waals surface area contributed by atoms with Crippen LogP contribution in [0.15, 0.2) is 58.2 Å². The summed E-state index contributed by atoms with van der Waals surface area (Å²) >= 11 is 3.27. The van der Waals surface area contributed by atoms with Gasteiger partial charge in [0.1, 0.15) is 6.07 Å². The molecule has 0 aliphatic rings. The molecule has 0 aliphatic carbocycles. The van der Waals surface area contributed by atoms with E-state index in [1.165, 1.54) is 24.5 Å². The molecule has 0 bridgehead atoms. The van der Waals surface area contributed by atoms with E-state index in [2.05, 4.69) is 20.9 Å². The summed E-state index contributed by atoms with van der Waals surface area (Å²) in [6.07, 6.45) is 2.80. The van der Waals surface area contributed by atoms with Crippen LogP contribution in [0.4, 0.5) is 0 Å². The summed E-state index contributed by atoms with van der Waals surface area (Å²) in [6, 6.07) is 11.7. The van der Waals surface area contributed by atoms with Gasteiger partial charge in [-0.3, -0.25) is 0 Å². The van der Waals surface area contributed by atoms with E-state index in [0.717, 1.165) is 3.97 Å². The first-order chi connectivity index (χ1) is 10.0. The maximum atomic E-state index is 12.7. The summed E-state index contributed by atoms with van der Waals surface area (Å²) in [6.45, 7) is 0. The first-order valence-corrected chi connectivity index (χ1v) is 8.14. The van der Waals surface area contributed by atoms with E-state index in [1.54, 1.807) is 24.3 Å². The third kappa shape index (κ3) is 2.22. The number of aromatic nitrogens is 2. The summed E-state index contributed by atoms with van der Waals surface area (Å²) in [5.74, 6) is 0. The van der Waals surface area contributed by atoms with Crippen molar-refractivity contribution in [2.24, 2.45) is 0 Å². The number of hydrogen-bond donors (Lipinski definition) is 0. The van der Waals surface area contributed by atoms with Crippen LogP contribution in [0.5, 0.6) is 0 Å². The first kappa shape index (κ1) is 13.8. The Kier molecular flexibility index (Phi) is 3.27. The first-order valence-electron chi connectivity index (χ1n) is 5.91. The van der Waals surface area contributed by atoms with Gasteiger partial charge in [-0.25, -0.2) is 17.4 Å². The number of halogens is 1. The van der Waals surface area contributed by atoms with Crippen molar-refractivity contribution in [1.82, 2.24) is 8.96 Å². The highest BCUT2D eigenvalue weighted by atomic mass is 79.9. The fourth-order valence-electron chi connectivity index (χ4n) is 2.03. The van der Waals surface area contributed by atoms with Crippen molar-refractivity contribution in [1.29, 1.82) is 5.26 Å². The second-order valence-electron chi connectivity index (χ2n) is 4.29. The van der Waals surface area contributed by atoms with Crippen LogP contribution in [-0.2, 0) is 10.0 Å². The molecule has 0 saturated carbocycles. The molecule has 0 radical (unpaired) electrons. The Hall–Kier alpha value is -2.17. The normalized spacial score (nSPS) is 11.4. The Morgan fingerprint density at radius 1 is 1.24 bits per heavy atom. The number of pyridine rings is 1. The Morgan fingerprint density at radius 3 is 2.62 bits per heavy atom. The van der Waals surface area contributed by atoms with Gasteiger partial charge in [0.25, 0.3) is 10.0 Å². The summed E-state index contributed by atoms with van der Waals surface area (Å²) < 4.78 is 27.1. The van der Waals surface area contributed by atoms with Crippen LogP contribution >= 0.6 is 15.9 Å². The van der Waals surface area contributed by atoms with Gasteiger partial charge in [0.2, 0.25) is 0 Å². The van der Waals surface area contributed by atoms with Gasteiger partial charge in [-0.1, -0.05) is 18.2 Å². The Morgan fingerprint density at radius 2 is 1.95 bits per heavy atom. The molecule has 5 nitrogen and oxygen atoms in total. The van der Waals surface area contributed by atoms with E-state index in [-0.39, 0.29) is 16.1 Å². The number of benzene rings is 1. The zero-order chi connectivity index (χ0) is 15.0. The Labute approximate surface area is 129 Å². The second kappa shape index (κ2) is 4.98. The second-order valence-corrected chi connectivity index (χ2v) is 7.02. The molecule has 0 aliphatic heterocycles. The maximum Gasteiger partial charge on any atom is 0.269 e. The average Bonchev–Trinajstić information content (AvgIpc) is 2.86. The van der Waals surface area contributed by atoms with Gasteiger partial charge in [-0.2, -0.15) is 5.26 Å². The fourth-order valence-corrected chi connectivity index (χ4v) is 3.71. The van der Waals surface area contributed by atoms with E-state index >= 15 is 0 Å². The van der Waals surface area contributed by atoms with Gasteiger partial charge >= 0.3 is 0 Å². The van der Waals surface area contributed by atoms with E-state index in [9.17, 15) is 13.7 Å². The standard InChI is InChI=1S/C14H8BrN3O2S/c15-11-6-13-10(7-16)9-18(14(13)17-8-11)21(19,20)12-4-2-1-3-5-12/h1-6,8-9H. The van der Waals surface area contributed by atoms with Crippen molar-refractivity contribution in [2.45, 2.75) is 4.90 Å². The summed E-state index contributed by atoms with van der Waals surface area (Å²) in [5, 5.41) is 9.67. The van der Waals surface area contributed by atoms with Crippen molar-refractivity contribution < 1.29 is 8.42 Å².